The van der Waals surface area contributed by atoms with Crippen LogP contribution in [0.2, 0.25) is 0 Å². The Kier molecular flexibility index (Phi) is 9.38. The van der Waals surface area contributed by atoms with Crippen molar-refractivity contribution in [3.63, 3.8) is 0 Å². The molecule has 1 atom stereocenters. The molecule has 5 nitrogen and oxygen atoms in total. The van der Waals surface area contributed by atoms with Crippen LogP contribution in [0.25, 0.3) is 0 Å². The molecule has 0 rings (SSSR count). The highest BCUT2D eigenvalue weighted by molar-refractivity contribution is 5.66. The molecule has 0 aromatic carbocycles. The van der Waals surface area contributed by atoms with E-state index < -0.39 is 12.0 Å². The Morgan fingerprint density at radius 2 is 1.76 bits per heavy atom. The maximum absolute atomic E-state index is 10.7. The molecule has 1 N–H and O–H groups in total. The van der Waals surface area contributed by atoms with E-state index in [-0.39, 0.29) is 17.8 Å². The summed E-state index contributed by atoms with van der Waals surface area (Å²) in [5.74, 6) is -0.959. The lowest BCUT2D eigenvalue weighted by molar-refractivity contribution is -0.524. The van der Waals surface area contributed by atoms with Gasteiger partial charge in [0.25, 0.3) is 0 Å². The highest BCUT2D eigenvalue weighted by Crippen LogP contribution is 2.13. The van der Waals surface area contributed by atoms with Crippen molar-refractivity contribution in [3.05, 3.63) is 10.1 Å². The third-order valence-corrected chi connectivity index (χ3v) is 2.88. The molecule has 0 aliphatic heterocycles. The van der Waals surface area contributed by atoms with Crippen LogP contribution in [-0.4, -0.2) is 22.0 Å². The van der Waals surface area contributed by atoms with Gasteiger partial charge in [0.05, 0.1) is 6.42 Å². The van der Waals surface area contributed by atoms with E-state index in [1.165, 1.54) is 19.3 Å². The predicted octanol–water partition coefficient (Wildman–Crippen LogP) is 3.25. The van der Waals surface area contributed by atoms with Gasteiger partial charge in [0, 0.05) is 17.8 Å². The molecule has 0 aromatic rings. The summed E-state index contributed by atoms with van der Waals surface area (Å²) in [7, 11) is 0. The Morgan fingerprint density at radius 1 is 1.18 bits per heavy atom. The SMILES string of the molecule is CCCCCCCCC(CCC(=O)O)[N+](=O)[O-]. The number of carbonyl (C=O) groups is 1. The van der Waals surface area contributed by atoms with E-state index in [9.17, 15) is 14.9 Å². The molecular weight excluding hydrogens is 222 g/mol. The summed E-state index contributed by atoms with van der Waals surface area (Å²) < 4.78 is 0. The van der Waals surface area contributed by atoms with Gasteiger partial charge < -0.3 is 5.11 Å². The first-order valence-electron chi connectivity index (χ1n) is 6.43. The van der Waals surface area contributed by atoms with Crippen molar-refractivity contribution in [3.8, 4) is 0 Å². The molecule has 0 fully saturated rings. The average molecular weight is 245 g/mol. The molecule has 0 bridgehead atoms. The summed E-state index contributed by atoms with van der Waals surface area (Å²) in [6, 6.07) is -0.683. The van der Waals surface area contributed by atoms with Crippen LogP contribution >= 0.6 is 0 Å². The first-order chi connectivity index (χ1) is 8.07. The monoisotopic (exact) mass is 245 g/mol. The molecule has 0 saturated carbocycles. The zero-order chi connectivity index (χ0) is 13.1. The quantitative estimate of drug-likeness (QED) is 0.344. The van der Waals surface area contributed by atoms with E-state index in [1.54, 1.807) is 0 Å². The summed E-state index contributed by atoms with van der Waals surface area (Å²) in [6.45, 7) is 2.15. The van der Waals surface area contributed by atoms with Gasteiger partial charge in [-0.2, -0.15) is 0 Å². The highest BCUT2D eigenvalue weighted by atomic mass is 16.6. The van der Waals surface area contributed by atoms with Crippen LogP contribution in [0.1, 0.15) is 64.7 Å². The molecule has 0 saturated heterocycles. The standard InChI is InChI=1S/C12H23NO4/c1-2-3-4-5-6-7-8-11(13(16)17)9-10-12(14)15/h11H,2-10H2,1H3,(H,14,15). The molecule has 0 spiro atoms. The predicted molar refractivity (Wildman–Crippen MR) is 65.6 cm³/mol. The largest absolute Gasteiger partial charge is 0.481 e. The number of hydrogen-bond acceptors (Lipinski definition) is 3. The molecule has 0 aliphatic carbocycles. The maximum atomic E-state index is 10.7. The van der Waals surface area contributed by atoms with Gasteiger partial charge in [-0.25, -0.2) is 0 Å². The highest BCUT2D eigenvalue weighted by Gasteiger charge is 2.20. The Bertz CT molecular complexity index is 231. The van der Waals surface area contributed by atoms with Gasteiger partial charge in [-0.1, -0.05) is 39.0 Å². The minimum atomic E-state index is -0.959. The van der Waals surface area contributed by atoms with Crippen molar-refractivity contribution in [2.45, 2.75) is 70.8 Å². The van der Waals surface area contributed by atoms with Crippen LogP contribution < -0.4 is 0 Å². The molecule has 0 aliphatic rings. The van der Waals surface area contributed by atoms with Crippen molar-refractivity contribution >= 4 is 5.97 Å². The first kappa shape index (κ1) is 15.9. The minimum Gasteiger partial charge on any atom is -0.481 e. The van der Waals surface area contributed by atoms with Gasteiger partial charge in [0.1, 0.15) is 0 Å². The fraction of sp³-hybridized carbons (Fsp3) is 0.917. The second-order valence-electron chi connectivity index (χ2n) is 4.43. The van der Waals surface area contributed by atoms with E-state index in [1.807, 2.05) is 0 Å². The van der Waals surface area contributed by atoms with Gasteiger partial charge >= 0.3 is 5.97 Å². The number of aliphatic carboxylic acids is 1. The summed E-state index contributed by atoms with van der Waals surface area (Å²) in [5, 5.41) is 19.2. The first-order valence-corrected chi connectivity index (χ1v) is 6.43. The zero-order valence-corrected chi connectivity index (χ0v) is 10.6. The number of nitrogens with zero attached hydrogens (tertiary/aromatic N) is 1. The Balaban J connectivity index is 3.63. The minimum absolute atomic E-state index is 0.110. The van der Waals surface area contributed by atoms with E-state index >= 15 is 0 Å². The lowest BCUT2D eigenvalue weighted by Crippen LogP contribution is -2.20. The lowest BCUT2D eigenvalue weighted by atomic mass is 10.0. The number of unbranched alkanes of at least 4 members (excludes halogenated alkanes) is 5. The van der Waals surface area contributed by atoms with Gasteiger partial charge in [0.2, 0.25) is 6.04 Å². The van der Waals surface area contributed by atoms with Crippen LogP contribution in [0.15, 0.2) is 0 Å². The van der Waals surface area contributed by atoms with E-state index in [2.05, 4.69) is 6.92 Å². The number of carboxylic acids is 1. The van der Waals surface area contributed by atoms with Crippen molar-refractivity contribution in [2.24, 2.45) is 0 Å². The van der Waals surface area contributed by atoms with Crippen molar-refractivity contribution in [1.82, 2.24) is 0 Å². The van der Waals surface area contributed by atoms with Crippen LogP contribution in [0.4, 0.5) is 0 Å². The molecule has 0 radical (unpaired) electrons. The number of carboxylic acid groups (broad SMARTS) is 1. The topological polar surface area (TPSA) is 80.4 Å². The molecular formula is C12H23NO4. The van der Waals surface area contributed by atoms with Crippen LogP contribution in [0.5, 0.6) is 0 Å². The maximum Gasteiger partial charge on any atom is 0.303 e. The summed E-state index contributed by atoms with van der Waals surface area (Å²) in [5.41, 5.74) is 0. The van der Waals surface area contributed by atoms with Gasteiger partial charge in [-0.05, 0) is 6.42 Å². The number of nitro groups is 1. The van der Waals surface area contributed by atoms with Gasteiger partial charge in [-0.15, -0.1) is 0 Å². The summed E-state index contributed by atoms with van der Waals surface area (Å²) >= 11 is 0. The van der Waals surface area contributed by atoms with Crippen LogP contribution in [0, 0.1) is 10.1 Å². The van der Waals surface area contributed by atoms with Crippen molar-refractivity contribution in [1.29, 1.82) is 0 Å². The van der Waals surface area contributed by atoms with Gasteiger partial charge in [-0.3, -0.25) is 14.9 Å². The van der Waals surface area contributed by atoms with Crippen LogP contribution in [-0.2, 0) is 4.79 Å². The smallest absolute Gasteiger partial charge is 0.303 e. The molecule has 100 valence electrons. The van der Waals surface area contributed by atoms with E-state index in [4.69, 9.17) is 5.11 Å². The molecule has 0 amide bonds. The van der Waals surface area contributed by atoms with Crippen molar-refractivity contribution < 1.29 is 14.8 Å². The van der Waals surface area contributed by atoms with Gasteiger partial charge in [0.15, 0.2) is 0 Å². The Labute approximate surface area is 102 Å². The second-order valence-corrected chi connectivity index (χ2v) is 4.43. The molecule has 1 unspecified atom stereocenters. The van der Waals surface area contributed by atoms with Crippen molar-refractivity contribution in [2.75, 3.05) is 0 Å². The Morgan fingerprint density at radius 3 is 2.29 bits per heavy atom. The molecule has 0 heterocycles. The normalized spacial score (nSPS) is 12.3. The summed E-state index contributed by atoms with van der Waals surface area (Å²) in [4.78, 5) is 20.7. The fourth-order valence-corrected chi connectivity index (χ4v) is 1.81. The third kappa shape index (κ3) is 9.78. The van der Waals surface area contributed by atoms with E-state index in [0.29, 0.717) is 6.42 Å². The van der Waals surface area contributed by atoms with Crippen LogP contribution in [0.3, 0.4) is 0 Å². The summed E-state index contributed by atoms with van der Waals surface area (Å²) in [6.07, 6.45) is 7.11. The number of rotatable bonds is 11. The Hall–Kier alpha value is -1.13. The number of hydrogen-bond donors (Lipinski definition) is 1. The zero-order valence-electron chi connectivity index (χ0n) is 10.6. The average Bonchev–Trinajstić information content (AvgIpc) is 2.26. The fourth-order valence-electron chi connectivity index (χ4n) is 1.81. The third-order valence-electron chi connectivity index (χ3n) is 2.88. The molecule has 0 aromatic heterocycles. The van der Waals surface area contributed by atoms with E-state index in [0.717, 1.165) is 19.3 Å². The lowest BCUT2D eigenvalue weighted by Gasteiger charge is -2.07. The second kappa shape index (κ2) is 10.1. The molecule has 5 heteroatoms. The molecule has 17 heavy (non-hydrogen) atoms.